The van der Waals surface area contributed by atoms with Crippen LogP contribution in [-0.4, -0.2) is 12.8 Å². The van der Waals surface area contributed by atoms with E-state index < -0.39 is 0 Å². The van der Waals surface area contributed by atoms with E-state index in [2.05, 4.69) is 4.74 Å². The number of rotatable bonds is 4. The van der Waals surface area contributed by atoms with Crippen molar-refractivity contribution in [2.45, 2.75) is 13.5 Å². The van der Waals surface area contributed by atoms with Gasteiger partial charge in [0, 0.05) is 6.92 Å². The summed E-state index contributed by atoms with van der Waals surface area (Å²) in [6, 6.07) is 9.71. The van der Waals surface area contributed by atoms with Crippen LogP contribution < -0.4 is 0 Å². The first kappa shape index (κ1) is 9.74. The van der Waals surface area contributed by atoms with Crippen LogP contribution in [0.1, 0.15) is 12.5 Å². The Morgan fingerprint density at radius 1 is 1.31 bits per heavy atom. The Kier molecular flexibility index (Phi) is 3.99. The maximum atomic E-state index is 10.4. The third kappa shape index (κ3) is 4.28. The predicted octanol–water partition coefficient (Wildman–Crippen LogP) is 1.72. The highest BCUT2D eigenvalue weighted by molar-refractivity contribution is 5.65. The molecule has 1 rings (SSSR count). The summed E-state index contributed by atoms with van der Waals surface area (Å²) in [4.78, 5) is 10.4. The summed E-state index contributed by atoms with van der Waals surface area (Å²) >= 11 is 0. The Morgan fingerprint density at radius 2 is 2.00 bits per heavy atom. The molecule has 3 heteroatoms. The molecule has 1 aromatic rings. The second-order valence-corrected chi connectivity index (χ2v) is 2.59. The molecule has 0 saturated carbocycles. The smallest absolute Gasteiger partial charge is 0.304 e. The van der Waals surface area contributed by atoms with Crippen molar-refractivity contribution in [1.29, 1.82) is 0 Å². The molecule has 0 amide bonds. The summed E-state index contributed by atoms with van der Waals surface area (Å²) in [5.41, 5.74) is 1.06. The lowest BCUT2D eigenvalue weighted by Gasteiger charge is -2.03. The number of ether oxygens (including phenoxy) is 2. The van der Waals surface area contributed by atoms with Gasteiger partial charge in [0.25, 0.3) is 0 Å². The fourth-order valence-corrected chi connectivity index (χ4v) is 0.858. The SMILES string of the molecule is CC(=O)OCOCc1ccccc1. The van der Waals surface area contributed by atoms with Gasteiger partial charge in [-0.25, -0.2) is 0 Å². The van der Waals surface area contributed by atoms with Gasteiger partial charge < -0.3 is 9.47 Å². The molecular formula is C10H12O3. The number of hydrogen-bond acceptors (Lipinski definition) is 3. The van der Waals surface area contributed by atoms with Gasteiger partial charge in [0.05, 0.1) is 6.61 Å². The van der Waals surface area contributed by atoms with E-state index in [0.717, 1.165) is 5.56 Å². The van der Waals surface area contributed by atoms with E-state index in [9.17, 15) is 4.79 Å². The van der Waals surface area contributed by atoms with Crippen LogP contribution >= 0.6 is 0 Å². The van der Waals surface area contributed by atoms with Crippen molar-refractivity contribution in [2.75, 3.05) is 6.79 Å². The lowest BCUT2D eigenvalue weighted by atomic mass is 10.2. The first-order valence-electron chi connectivity index (χ1n) is 4.04. The molecule has 1 aromatic carbocycles. The first-order valence-corrected chi connectivity index (χ1v) is 4.04. The molecule has 0 heterocycles. The van der Waals surface area contributed by atoms with Gasteiger partial charge in [-0.15, -0.1) is 0 Å². The van der Waals surface area contributed by atoms with Gasteiger partial charge in [-0.2, -0.15) is 0 Å². The minimum absolute atomic E-state index is 0.0181. The zero-order valence-electron chi connectivity index (χ0n) is 7.53. The summed E-state index contributed by atoms with van der Waals surface area (Å²) in [5, 5.41) is 0. The summed E-state index contributed by atoms with van der Waals surface area (Å²) in [6.07, 6.45) is 0. The van der Waals surface area contributed by atoms with Crippen LogP contribution in [0.5, 0.6) is 0 Å². The largest absolute Gasteiger partial charge is 0.439 e. The quantitative estimate of drug-likeness (QED) is 0.402. The maximum Gasteiger partial charge on any atom is 0.304 e. The highest BCUT2D eigenvalue weighted by Gasteiger charge is 1.93. The second kappa shape index (κ2) is 5.32. The molecule has 3 nitrogen and oxygen atoms in total. The minimum atomic E-state index is -0.326. The van der Waals surface area contributed by atoms with Gasteiger partial charge in [0.1, 0.15) is 0 Å². The molecular weight excluding hydrogens is 168 g/mol. The summed E-state index contributed by atoms with van der Waals surface area (Å²) in [5.74, 6) is -0.326. The normalized spacial score (nSPS) is 9.62. The molecule has 0 saturated heterocycles. The molecule has 0 spiro atoms. The van der Waals surface area contributed by atoms with E-state index in [-0.39, 0.29) is 12.8 Å². The molecule has 70 valence electrons. The van der Waals surface area contributed by atoms with Crippen molar-refractivity contribution in [2.24, 2.45) is 0 Å². The van der Waals surface area contributed by atoms with E-state index in [1.54, 1.807) is 0 Å². The number of hydrogen-bond donors (Lipinski definition) is 0. The van der Waals surface area contributed by atoms with Gasteiger partial charge in [0.15, 0.2) is 6.79 Å². The van der Waals surface area contributed by atoms with Crippen LogP contribution in [0.15, 0.2) is 30.3 Å². The van der Waals surface area contributed by atoms with Gasteiger partial charge in [-0.05, 0) is 5.56 Å². The van der Waals surface area contributed by atoms with Crippen molar-refractivity contribution in [3.63, 3.8) is 0 Å². The van der Waals surface area contributed by atoms with Crippen molar-refractivity contribution in [3.8, 4) is 0 Å². The van der Waals surface area contributed by atoms with E-state index in [0.29, 0.717) is 6.61 Å². The van der Waals surface area contributed by atoms with Crippen LogP contribution in [0.4, 0.5) is 0 Å². The molecule has 0 aromatic heterocycles. The Hall–Kier alpha value is -1.35. The fourth-order valence-electron chi connectivity index (χ4n) is 0.858. The number of esters is 1. The predicted molar refractivity (Wildman–Crippen MR) is 47.9 cm³/mol. The van der Waals surface area contributed by atoms with Crippen molar-refractivity contribution in [1.82, 2.24) is 0 Å². The van der Waals surface area contributed by atoms with E-state index in [1.165, 1.54) is 6.92 Å². The molecule has 0 bridgehead atoms. The maximum absolute atomic E-state index is 10.4. The van der Waals surface area contributed by atoms with Crippen LogP contribution in [-0.2, 0) is 20.9 Å². The molecule has 13 heavy (non-hydrogen) atoms. The van der Waals surface area contributed by atoms with Crippen LogP contribution in [0.25, 0.3) is 0 Å². The van der Waals surface area contributed by atoms with E-state index >= 15 is 0 Å². The van der Waals surface area contributed by atoms with Gasteiger partial charge in [0.2, 0.25) is 0 Å². The van der Waals surface area contributed by atoms with Gasteiger partial charge in [-0.3, -0.25) is 4.79 Å². The van der Waals surface area contributed by atoms with Crippen LogP contribution in [0.2, 0.25) is 0 Å². The molecule has 0 aliphatic rings. The number of benzene rings is 1. The summed E-state index contributed by atoms with van der Waals surface area (Å²) < 4.78 is 9.69. The Labute approximate surface area is 77.3 Å². The molecule has 0 atom stereocenters. The van der Waals surface area contributed by atoms with E-state index in [4.69, 9.17) is 4.74 Å². The van der Waals surface area contributed by atoms with Gasteiger partial charge in [-0.1, -0.05) is 30.3 Å². The zero-order chi connectivity index (χ0) is 9.52. The van der Waals surface area contributed by atoms with Crippen LogP contribution in [0.3, 0.4) is 0 Å². The summed E-state index contributed by atoms with van der Waals surface area (Å²) in [7, 11) is 0. The molecule has 0 unspecified atom stereocenters. The third-order valence-electron chi connectivity index (χ3n) is 1.46. The first-order chi connectivity index (χ1) is 6.29. The lowest BCUT2D eigenvalue weighted by molar-refractivity contribution is -0.154. The Morgan fingerprint density at radius 3 is 2.62 bits per heavy atom. The standard InChI is InChI=1S/C10H12O3/c1-9(11)13-8-12-7-10-5-3-2-4-6-10/h2-6H,7-8H2,1H3. The third-order valence-corrected chi connectivity index (χ3v) is 1.46. The Balaban J connectivity index is 2.17. The Bertz CT molecular complexity index is 256. The average Bonchev–Trinajstić information content (AvgIpc) is 2.14. The van der Waals surface area contributed by atoms with E-state index in [1.807, 2.05) is 30.3 Å². The van der Waals surface area contributed by atoms with Crippen molar-refractivity contribution in [3.05, 3.63) is 35.9 Å². The molecule has 0 radical (unpaired) electrons. The molecule has 0 aliphatic carbocycles. The molecule has 0 N–H and O–H groups in total. The zero-order valence-corrected chi connectivity index (χ0v) is 7.53. The number of carbonyl (C=O) groups is 1. The number of carbonyl (C=O) groups excluding carboxylic acids is 1. The monoisotopic (exact) mass is 180 g/mol. The van der Waals surface area contributed by atoms with Gasteiger partial charge >= 0.3 is 5.97 Å². The molecule has 0 fully saturated rings. The second-order valence-electron chi connectivity index (χ2n) is 2.59. The topological polar surface area (TPSA) is 35.5 Å². The average molecular weight is 180 g/mol. The summed E-state index contributed by atoms with van der Waals surface area (Å²) in [6.45, 7) is 1.84. The minimum Gasteiger partial charge on any atom is -0.439 e. The fraction of sp³-hybridized carbons (Fsp3) is 0.300. The highest BCUT2D eigenvalue weighted by atomic mass is 16.7. The van der Waals surface area contributed by atoms with Crippen molar-refractivity contribution >= 4 is 5.97 Å². The lowest BCUT2D eigenvalue weighted by Crippen LogP contribution is -2.04. The molecule has 0 aliphatic heterocycles. The highest BCUT2D eigenvalue weighted by Crippen LogP contribution is 1.99. The van der Waals surface area contributed by atoms with Crippen molar-refractivity contribution < 1.29 is 14.3 Å². The van der Waals surface area contributed by atoms with Crippen LogP contribution in [0, 0.1) is 0 Å².